The summed E-state index contributed by atoms with van der Waals surface area (Å²) in [4.78, 5) is 0. The average molecular weight is 300 g/mol. The lowest BCUT2D eigenvalue weighted by atomic mass is 9.80. The number of halogens is 2. The van der Waals surface area contributed by atoms with Gasteiger partial charge < -0.3 is 5.32 Å². The molecule has 0 aromatic heterocycles. The van der Waals surface area contributed by atoms with Crippen molar-refractivity contribution in [3.63, 3.8) is 0 Å². The molecule has 1 aliphatic carbocycles. The summed E-state index contributed by atoms with van der Waals surface area (Å²) in [6.45, 7) is 4.56. The van der Waals surface area contributed by atoms with Gasteiger partial charge in [-0.05, 0) is 49.3 Å². The summed E-state index contributed by atoms with van der Waals surface area (Å²) >= 11 is 3.38. The van der Waals surface area contributed by atoms with E-state index in [2.05, 4.69) is 35.1 Å². The highest BCUT2D eigenvalue weighted by atomic mass is 79.9. The van der Waals surface area contributed by atoms with Gasteiger partial charge >= 0.3 is 0 Å². The summed E-state index contributed by atoms with van der Waals surface area (Å²) in [6.07, 6.45) is 3.56. The van der Waals surface area contributed by atoms with Gasteiger partial charge in [0.25, 0.3) is 0 Å². The molecular weight excluding hydrogens is 281 g/mol. The molecule has 1 aromatic rings. The van der Waals surface area contributed by atoms with Crippen LogP contribution in [0.4, 0.5) is 10.1 Å². The molecule has 0 aliphatic heterocycles. The van der Waals surface area contributed by atoms with Gasteiger partial charge in [0.2, 0.25) is 0 Å². The zero-order valence-electron chi connectivity index (χ0n) is 10.3. The summed E-state index contributed by atoms with van der Waals surface area (Å²) in [5, 5.41) is 3.35. The number of anilines is 1. The van der Waals surface area contributed by atoms with Crippen LogP contribution in [0.1, 0.15) is 33.1 Å². The van der Waals surface area contributed by atoms with Gasteiger partial charge in [0.15, 0.2) is 0 Å². The molecule has 0 saturated heterocycles. The molecule has 1 N–H and O–H groups in total. The Bertz CT molecular complexity index is 384. The van der Waals surface area contributed by atoms with E-state index in [-0.39, 0.29) is 5.82 Å². The fourth-order valence-corrected chi connectivity index (χ4v) is 3.25. The van der Waals surface area contributed by atoms with Crippen molar-refractivity contribution in [1.29, 1.82) is 0 Å². The number of rotatable bonds is 2. The van der Waals surface area contributed by atoms with Crippen LogP contribution >= 0.6 is 15.9 Å². The van der Waals surface area contributed by atoms with Gasteiger partial charge in [-0.1, -0.05) is 29.8 Å². The summed E-state index contributed by atoms with van der Waals surface area (Å²) in [6, 6.07) is 5.45. The fourth-order valence-electron chi connectivity index (χ4n) is 2.89. The van der Waals surface area contributed by atoms with Gasteiger partial charge in [-0.15, -0.1) is 0 Å². The summed E-state index contributed by atoms with van der Waals surface area (Å²) in [7, 11) is 0. The van der Waals surface area contributed by atoms with Gasteiger partial charge in [0, 0.05) is 10.5 Å². The van der Waals surface area contributed by atoms with E-state index in [9.17, 15) is 4.39 Å². The standard InChI is InChI=1S/C14H19BrFN/c1-9-5-10(2)7-12(6-9)17-14-8-11(15)3-4-13(14)16/h3-4,8-10,12,17H,5-7H2,1-2H3. The Kier molecular flexibility index (Phi) is 4.08. The van der Waals surface area contributed by atoms with E-state index < -0.39 is 0 Å². The van der Waals surface area contributed by atoms with Gasteiger partial charge in [0.05, 0.1) is 5.69 Å². The van der Waals surface area contributed by atoms with Gasteiger partial charge in [0.1, 0.15) is 5.82 Å². The highest BCUT2D eigenvalue weighted by Crippen LogP contribution is 2.31. The molecule has 94 valence electrons. The summed E-state index contributed by atoms with van der Waals surface area (Å²) in [5.74, 6) is 1.29. The Balaban J connectivity index is 2.07. The van der Waals surface area contributed by atoms with E-state index in [1.807, 2.05) is 6.07 Å². The maximum Gasteiger partial charge on any atom is 0.146 e. The molecule has 1 aromatic carbocycles. The quantitative estimate of drug-likeness (QED) is 0.825. The Labute approximate surface area is 111 Å². The van der Waals surface area contributed by atoms with Crippen molar-refractivity contribution in [3.8, 4) is 0 Å². The van der Waals surface area contributed by atoms with Crippen LogP contribution in [0.25, 0.3) is 0 Å². The molecule has 3 heteroatoms. The van der Waals surface area contributed by atoms with Crippen LogP contribution in [0.15, 0.2) is 22.7 Å². The fraction of sp³-hybridized carbons (Fsp3) is 0.571. The third kappa shape index (κ3) is 3.44. The highest BCUT2D eigenvalue weighted by Gasteiger charge is 2.24. The van der Waals surface area contributed by atoms with Crippen molar-refractivity contribution in [1.82, 2.24) is 0 Å². The van der Waals surface area contributed by atoms with E-state index >= 15 is 0 Å². The number of hydrogen-bond acceptors (Lipinski definition) is 1. The van der Waals surface area contributed by atoms with Crippen molar-refractivity contribution in [2.45, 2.75) is 39.2 Å². The van der Waals surface area contributed by atoms with Crippen molar-refractivity contribution in [2.75, 3.05) is 5.32 Å². The van der Waals surface area contributed by atoms with Crippen LogP contribution in [-0.4, -0.2) is 6.04 Å². The molecule has 0 heterocycles. The Morgan fingerprint density at radius 3 is 2.47 bits per heavy atom. The molecule has 1 aliphatic rings. The van der Waals surface area contributed by atoms with E-state index in [1.165, 1.54) is 12.5 Å². The Hall–Kier alpha value is -0.570. The van der Waals surface area contributed by atoms with Crippen LogP contribution in [0, 0.1) is 17.7 Å². The highest BCUT2D eigenvalue weighted by molar-refractivity contribution is 9.10. The molecule has 2 unspecified atom stereocenters. The SMILES string of the molecule is CC1CC(C)CC(Nc2cc(Br)ccc2F)C1. The molecular formula is C14H19BrFN. The van der Waals surface area contributed by atoms with E-state index in [0.29, 0.717) is 11.7 Å². The molecule has 0 bridgehead atoms. The van der Waals surface area contributed by atoms with Crippen LogP contribution in [0.3, 0.4) is 0 Å². The zero-order valence-corrected chi connectivity index (χ0v) is 11.9. The van der Waals surface area contributed by atoms with Gasteiger partial charge in [-0.2, -0.15) is 0 Å². The lowest BCUT2D eigenvalue weighted by Crippen LogP contribution is -2.30. The molecule has 0 spiro atoms. The smallest absolute Gasteiger partial charge is 0.146 e. The normalized spacial score (nSPS) is 29.1. The maximum absolute atomic E-state index is 13.6. The molecule has 17 heavy (non-hydrogen) atoms. The number of hydrogen-bond donors (Lipinski definition) is 1. The Morgan fingerprint density at radius 2 is 1.82 bits per heavy atom. The monoisotopic (exact) mass is 299 g/mol. The first-order valence-electron chi connectivity index (χ1n) is 6.26. The van der Waals surface area contributed by atoms with Crippen LogP contribution in [-0.2, 0) is 0 Å². The second-order valence-electron chi connectivity index (χ2n) is 5.38. The predicted molar refractivity (Wildman–Crippen MR) is 73.7 cm³/mol. The molecule has 1 saturated carbocycles. The third-order valence-electron chi connectivity index (χ3n) is 3.47. The van der Waals surface area contributed by atoms with Crippen molar-refractivity contribution < 1.29 is 4.39 Å². The number of nitrogens with one attached hydrogen (secondary N) is 1. The number of benzene rings is 1. The lowest BCUT2D eigenvalue weighted by Gasteiger charge is -2.32. The van der Waals surface area contributed by atoms with Crippen molar-refractivity contribution in [2.24, 2.45) is 11.8 Å². The molecule has 2 rings (SSSR count). The van der Waals surface area contributed by atoms with Crippen molar-refractivity contribution in [3.05, 3.63) is 28.5 Å². The van der Waals surface area contributed by atoms with Crippen LogP contribution in [0.2, 0.25) is 0 Å². The van der Waals surface area contributed by atoms with E-state index in [4.69, 9.17) is 0 Å². The second-order valence-corrected chi connectivity index (χ2v) is 6.30. The van der Waals surface area contributed by atoms with Gasteiger partial charge in [-0.3, -0.25) is 0 Å². The average Bonchev–Trinajstić information content (AvgIpc) is 2.22. The minimum absolute atomic E-state index is 0.168. The molecule has 0 amide bonds. The third-order valence-corrected chi connectivity index (χ3v) is 3.96. The largest absolute Gasteiger partial charge is 0.380 e. The maximum atomic E-state index is 13.6. The zero-order chi connectivity index (χ0) is 12.4. The van der Waals surface area contributed by atoms with E-state index in [0.717, 1.165) is 29.2 Å². The van der Waals surface area contributed by atoms with Crippen LogP contribution in [0.5, 0.6) is 0 Å². The topological polar surface area (TPSA) is 12.0 Å². The molecule has 1 nitrogen and oxygen atoms in total. The molecule has 0 radical (unpaired) electrons. The summed E-state index contributed by atoms with van der Waals surface area (Å²) < 4.78 is 14.6. The first-order valence-corrected chi connectivity index (χ1v) is 7.05. The second kappa shape index (κ2) is 5.38. The van der Waals surface area contributed by atoms with Crippen molar-refractivity contribution >= 4 is 21.6 Å². The summed E-state index contributed by atoms with van der Waals surface area (Å²) in [5.41, 5.74) is 0.616. The van der Waals surface area contributed by atoms with Crippen LogP contribution < -0.4 is 5.32 Å². The molecule has 2 atom stereocenters. The first kappa shape index (κ1) is 12.9. The van der Waals surface area contributed by atoms with Gasteiger partial charge in [-0.25, -0.2) is 4.39 Å². The molecule has 1 fully saturated rings. The lowest BCUT2D eigenvalue weighted by molar-refractivity contribution is 0.280. The van der Waals surface area contributed by atoms with E-state index in [1.54, 1.807) is 6.07 Å². The Morgan fingerprint density at radius 1 is 1.18 bits per heavy atom. The minimum Gasteiger partial charge on any atom is -0.380 e. The predicted octanol–water partition coefficient (Wildman–Crippen LogP) is 4.82. The minimum atomic E-state index is -0.168. The first-order chi connectivity index (χ1) is 8.04.